The van der Waals surface area contributed by atoms with Crippen LogP contribution in [0.4, 0.5) is 5.69 Å². The lowest BCUT2D eigenvalue weighted by atomic mass is 10.1. The second-order valence-electron chi connectivity index (χ2n) is 5.30. The normalized spacial score (nSPS) is 20.0. The third-order valence-corrected chi connectivity index (χ3v) is 3.38. The number of amides is 2. The number of aromatic nitrogens is 1. The van der Waals surface area contributed by atoms with E-state index in [4.69, 9.17) is 16.9 Å². The fourth-order valence-corrected chi connectivity index (χ4v) is 2.18. The summed E-state index contributed by atoms with van der Waals surface area (Å²) in [5.41, 5.74) is 11.3. The summed E-state index contributed by atoms with van der Waals surface area (Å²) < 4.78 is 1.54. The van der Waals surface area contributed by atoms with Gasteiger partial charge in [0.2, 0.25) is 5.91 Å². The highest BCUT2D eigenvalue weighted by Crippen LogP contribution is 2.17. The summed E-state index contributed by atoms with van der Waals surface area (Å²) in [7, 11) is 1.65. The second kappa shape index (κ2) is 6.96. The first-order valence-corrected chi connectivity index (χ1v) is 7.08. The maximum absolute atomic E-state index is 12.1. The molecule has 10 heteroatoms. The van der Waals surface area contributed by atoms with E-state index in [1.54, 1.807) is 13.2 Å². The van der Waals surface area contributed by atoms with E-state index in [9.17, 15) is 14.7 Å². The largest absolute Gasteiger partial charge is 0.385 e. The fraction of sp³-hybridized carbons (Fsp3) is 0.286. The number of hydrogen-bond acceptors (Lipinski definition) is 6. The molecule has 0 saturated carbocycles. The molecule has 1 aromatic rings. The number of carbonyl (C=O) groups excluding carboxylic acids is 2. The molecule has 2 heterocycles. The number of aliphatic hydroxyl groups excluding tert-OH is 1. The van der Waals surface area contributed by atoms with Crippen LogP contribution in [0.2, 0.25) is 0 Å². The molecule has 2 amide bonds. The number of rotatable bonds is 5. The Balaban J connectivity index is 2.02. The van der Waals surface area contributed by atoms with Gasteiger partial charge < -0.3 is 31.8 Å². The van der Waals surface area contributed by atoms with Gasteiger partial charge in [-0.25, -0.2) is 0 Å². The molecular weight excluding hydrogens is 314 g/mol. The third kappa shape index (κ3) is 3.98. The number of nitrogens with one attached hydrogen (secondary N) is 3. The Labute approximate surface area is 137 Å². The Morgan fingerprint density at radius 1 is 1.54 bits per heavy atom. The minimum Gasteiger partial charge on any atom is -0.385 e. The van der Waals surface area contributed by atoms with Crippen molar-refractivity contribution in [3.63, 3.8) is 0 Å². The van der Waals surface area contributed by atoms with E-state index in [0.717, 1.165) is 0 Å². The highest BCUT2D eigenvalue weighted by Gasteiger charge is 2.30. The average Bonchev–Trinajstić information content (AvgIpc) is 3.02. The molecule has 2 rings (SSSR count). The summed E-state index contributed by atoms with van der Waals surface area (Å²) in [4.78, 5) is 28.0. The number of nitrogens with two attached hydrogens (primary N) is 2. The molecule has 2 atom stereocenters. The molecule has 128 valence electrons. The zero-order chi connectivity index (χ0) is 17.9. The molecule has 0 spiro atoms. The topological polar surface area (TPSA) is 172 Å². The lowest BCUT2D eigenvalue weighted by Crippen LogP contribution is -2.27. The molecule has 0 fully saturated rings. The molecule has 24 heavy (non-hydrogen) atoms. The number of aryl methyl sites for hydroxylation is 1. The molecule has 0 unspecified atom stereocenters. The van der Waals surface area contributed by atoms with Crippen LogP contribution in [-0.4, -0.2) is 45.3 Å². The van der Waals surface area contributed by atoms with Crippen molar-refractivity contribution in [2.45, 2.75) is 18.6 Å². The minimum absolute atomic E-state index is 0.0422. The van der Waals surface area contributed by atoms with Crippen molar-refractivity contribution in [3.8, 4) is 0 Å². The predicted octanol–water partition coefficient (Wildman–Crippen LogP) is -1.37. The molecule has 8 N–H and O–H groups in total. The third-order valence-electron chi connectivity index (χ3n) is 3.38. The highest BCUT2D eigenvalue weighted by atomic mass is 16.3. The number of aliphatic hydroxyl groups is 1. The molecule has 0 radical (unpaired) electrons. The van der Waals surface area contributed by atoms with Crippen LogP contribution in [0, 0.1) is 5.41 Å². The van der Waals surface area contributed by atoms with Crippen LogP contribution in [-0.2, 0) is 11.8 Å². The van der Waals surface area contributed by atoms with Gasteiger partial charge in [0, 0.05) is 25.9 Å². The summed E-state index contributed by atoms with van der Waals surface area (Å²) in [6.07, 6.45) is 3.28. The van der Waals surface area contributed by atoms with Gasteiger partial charge in [-0.05, 0) is 12.1 Å². The van der Waals surface area contributed by atoms with Crippen molar-refractivity contribution in [1.29, 1.82) is 5.41 Å². The van der Waals surface area contributed by atoms with Gasteiger partial charge in [0.1, 0.15) is 29.5 Å². The van der Waals surface area contributed by atoms with Gasteiger partial charge in [-0.3, -0.25) is 20.0 Å². The van der Waals surface area contributed by atoms with Gasteiger partial charge in [0.15, 0.2) is 0 Å². The van der Waals surface area contributed by atoms with E-state index in [-0.39, 0.29) is 18.1 Å². The maximum Gasteiger partial charge on any atom is 0.271 e. The van der Waals surface area contributed by atoms with Crippen LogP contribution in [0.1, 0.15) is 16.9 Å². The Morgan fingerprint density at radius 3 is 2.83 bits per heavy atom. The van der Waals surface area contributed by atoms with Crippen molar-refractivity contribution in [2.24, 2.45) is 23.5 Å². The number of amidine groups is 2. The second-order valence-corrected chi connectivity index (χ2v) is 5.30. The molecule has 10 nitrogen and oxygen atoms in total. The van der Waals surface area contributed by atoms with Gasteiger partial charge in [-0.15, -0.1) is 0 Å². The van der Waals surface area contributed by atoms with Gasteiger partial charge >= 0.3 is 0 Å². The quantitative estimate of drug-likeness (QED) is 0.288. The first-order chi connectivity index (χ1) is 11.3. The molecule has 0 aromatic carbocycles. The van der Waals surface area contributed by atoms with Gasteiger partial charge in [0.25, 0.3) is 5.91 Å². The number of anilines is 1. The monoisotopic (exact) mass is 333 g/mol. The van der Waals surface area contributed by atoms with Crippen molar-refractivity contribution >= 4 is 29.2 Å². The molecule has 0 bridgehead atoms. The van der Waals surface area contributed by atoms with Crippen LogP contribution < -0.4 is 22.1 Å². The number of hydrogen-bond donors (Lipinski definition) is 6. The Kier molecular flexibility index (Phi) is 4.99. The van der Waals surface area contributed by atoms with E-state index in [2.05, 4.69) is 15.6 Å². The molecule has 1 aromatic heterocycles. The van der Waals surface area contributed by atoms with Gasteiger partial charge in [-0.1, -0.05) is 0 Å². The molecular formula is C14H19N7O3. The van der Waals surface area contributed by atoms with Crippen LogP contribution in [0.3, 0.4) is 0 Å². The van der Waals surface area contributed by atoms with Crippen molar-refractivity contribution in [3.05, 3.63) is 30.2 Å². The zero-order valence-electron chi connectivity index (χ0n) is 13.0. The molecule has 0 aliphatic carbocycles. The first-order valence-electron chi connectivity index (χ1n) is 7.08. The lowest BCUT2D eigenvalue weighted by Gasteiger charge is -2.07. The van der Waals surface area contributed by atoms with Crippen LogP contribution >= 0.6 is 0 Å². The molecule has 1 aliphatic rings. The summed E-state index contributed by atoms with van der Waals surface area (Å²) in [5.74, 6) is -0.980. The van der Waals surface area contributed by atoms with E-state index in [0.29, 0.717) is 11.4 Å². The van der Waals surface area contributed by atoms with E-state index < -0.39 is 24.0 Å². The van der Waals surface area contributed by atoms with Crippen LogP contribution in [0.25, 0.3) is 0 Å². The maximum atomic E-state index is 12.1. The highest BCUT2D eigenvalue weighted by molar-refractivity contribution is 6.01. The van der Waals surface area contributed by atoms with Crippen LogP contribution in [0.15, 0.2) is 29.5 Å². The summed E-state index contributed by atoms with van der Waals surface area (Å²) in [6.45, 7) is 0. The Bertz CT molecular complexity index is 735. The van der Waals surface area contributed by atoms with Crippen molar-refractivity contribution < 1.29 is 14.7 Å². The van der Waals surface area contributed by atoms with E-state index >= 15 is 0 Å². The molecule has 1 aliphatic heterocycles. The smallest absolute Gasteiger partial charge is 0.271 e. The predicted molar refractivity (Wildman–Crippen MR) is 88.6 cm³/mol. The van der Waals surface area contributed by atoms with Crippen LogP contribution in [0.5, 0.6) is 0 Å². The minimum atomic E-state index is -0.911. The summed E-state index contributed by atoms with van der Waals surface area (Å²) >= 11 is 0. The first kappa shape index (κ1) is 17.2. The molecule has 0 saturated heterocycles. The number of carbonyl (C=O) groups is 2. The lowest BCUT2D eigenvalue weighted by molar-refractivity contribution is -0.117. The van der Waals surface area contributed by atoms with E-state index in [1.807, 2.05) is 0 Å². The average molecular weight is 333 g/mol. The fourth-order valence-electron chi connectivity index (χ4n) is 2.18. The van der Waals surface area contributed by atoms with E-state index in [1.165, 1.54) is 22.9 Å². The summed E-state index contributed by atoms with van der Waals surface area (Å²) in [5, 5.41) is 21.6. The van der Waals surface area contributed by atoms with Crippen molar-refractivity contribution in [2.75, 3.05) is 5.32 Å². The number of aliphatic imine (C=N–C) groups is 1. The van der Waals surface area contributed by atoms with Gasteiger partial charge in [-0.2, -0.15) is 0 Å². The standard InChI is InChI=1S/C14H19N7O3/c1-21-6-7(4-9(21)14(24)18-3-2-11(15)16)19-13(23)8-5-10(22)12(17)20-8/h2-4,6,8,10,22H,5H2,1H3,(H3,15,16)(H2,17,20)(H,18,24)(H,19,23)/t8-,10+/m1/s1. The zero-order valence-corrected chi connectivity index (χ0v) is 13.0. The summed E-state index contributed by atoms with van der Waals surface area (Å²) in [6, 6.07) is 0.740. The van der Waals surface area contributed by atoms with Crippen molar-refractivity contribution in [1.82, 2.24) is 9.88 Å². The SMILES string of the molecule is Cn1cc(NC(=O)[C@H]2C[C@H](O)C(N)=N2)cc1C(=O)NC=CC(=N)N. The van der Waals surface area contributed by atoms with Gasteiger partial charge in [0.05, 0.1) is 5.69 Å². The Hall–Kier alpha value is -3.14. The Morgan fingerprint density at radius 2 is 2.25 bits per heavy atom. The number of nitrogens with zero attached hydrogens (tertiary/aromatic N) is 2.